The Kier molecular flexibility index (Phi) is 12.0. The van der Waals surface area contributed by atoms with Crippen LogP contribution in [0, 0.1) is 5.92 Å². The van der Waals surface area contributed by atoms with Gasteiger partial charge in [0.15, 0.2) is 0 Å². The van der Waals surface area contributed by atoms with Crippen molar-refractivity contribution in [2.45, 2.75) is 77.0 Å². The first-order chi connectivity index (χ1) is 18.9. The number of aliphatic hydroxyl groups is 2. The van der Waals surface area contributed by atoms with Gasteiger partial charge < -0.3 is 19.7 Å². The highest BCUT2D eigenvalue weighted by Gasteiger charge is 2.22. The zero-order chi connectivity index (χ0) is 28.2. The molecule has 2 N–H and O–H groups in total. The fourth-order valence-electron chi connectivity index (χ4n) is 5.18. The van der Waals surface area contributed by atoms with Gasteiger partial charge in [-0.2, -0.15) is 0 Å². The van der Waals surface area contributed by atoms with Crippen molar-refractivity contribution >= 4 is 5.97 Å². The second kappa shape index (κ2) is 15.4. The third-order valence-corrected chi connectivity index (χ3v) is 7.72. The zero-order valence-corrected chi connectivity index (χ0v) is 23.4. The highest BCUT2D eigenvalue weighted by molar-refractivity contribution is 5.91. The molecule has 39 heavy (non-hydrogen) atoms. The molecule has 5 heteroatoms. The van der Waals surface area contributed by atoms with Crippen molar-refractivity contribution in [1.82, 2.24) is 0 Å². The van der Waals surface area contributed by atoms with Crippen LogP contribution in [-0.4, -0.2) is 29.4 Å². The molecule has 0 atom stereocenters. The Morgan fingerprint density at radius 3 is 2.15 bits per heavy atom. The Morgan fingerprint density at radius 1 is 0.846 bits per heavy atom. The van der Waals surface area contributed by atoms with Crippen molar-refractivity contribution in [3.05, 3.63) is 84.7 Å². The number of ether oxygens (including phenoxy) is 2. The average Bonchev–Trinajstić information content (AvgIpc) is 2.97. The summed E-state index contributed by atoms with van der Waals surface area (Å²) in [4.78, 5) is 12.4. The molecule has 210 valence electrons. The summed E-state index contributed by atoms with van der Waals surface area (Å²) in [5, 5.41) is 18.6. The van der Waals surface area contributed by atoms with Gasteiger partial charge in [-0.05, 0) is 66.8 Å². The maximum atomic E-state index is 12.4. The Labute approximate surface area is 233 Å². The second-order valence-electron chi connectivity index (χ2n) is 10.6. The predicted molar refractivity (Wildman–Crippen MR) is 158 cm³/mol. The van der Waals surface area contributed by atoms with Crippen molar-refractivity contribution in [3.63, 3.8) is 0 Å². The number of hydrogen-bond acceptors (Lipinski definition) is 5. The average molecular weight is 533 g/mol. The summed E-state index contributed by atoms with van der Waals surface area (Å²) in [6.07, 6.45) is 13.2. The molecule has 1 saturated carbocycles. The van der Waals surface area contributed by atoms with Crippen LogP contribution < -0.4 is 9.47 Å². The minimum Gasteiger partial charge on any atom is -0.458 e. The van der Waals surface area contributed by atoms with Crippen molar-refractivity contribution in [3.8, 4) is 22.6 Å². The topological polar surface area (TPSA) is 76.0 Å². The molecule has 0 radical (unpaired) electrons. The first kappa shape index (κ1) is 30.4. The minimum absolute atomic E-state index is 0.0270. The highest BCUT2D eigenvalue weighted by atomic mass is 16.5. The molecule has 0 bridgehead atoms. The molecule has 5 nitrogen and oxygen atoms in total. The maximum absolute atomic E-state index is 12.4. The van der Waals surface area contributed by atoms with Crippen molar-refractivity contribution < 1.29 is 24.5 Å². The Morgan fingerprint density at radius 2 is 1.51 bits per heavy atom. The van der Waals surface area contributed by atoms with Gasteiger partial charge in [-0.15, -0.1) is 0 Å². The summed E-state index contributed by atoms with van der Waals surface area (Å²) in [6, 6.07) is 13.5. The number of benzene rings is 2. The van der Waals surface area contributed by atoms with Crippen molar-refractivity contribution in [2.24, 2.45) is 5.92 Å². The first-order valence-electron chi connectivity index (χ1n) is 14.3. The molecular weight excluding hydrogens is 488 g/mol. The van der Waals surface area contributed by atoms with Crippen LogP contribution in [0.4, 0.5) is 0 Å². The van der Waals surface area contributed by atoms with Crippen LogP contribution in [-0.2, 0) is 4.79 Å². The maximum Gasteiger partial charge on any atom is 0.341 e. The number of rotatable bonds is 15. The molecule has 3 rings (SSSR count). The zero-order valence-electron chi connectivity index (χ0n) is 23.4. The fourth-order valence-corrected chi connectivity index (χ4v) is 5.18. The van der Waals surface area contributed by atoms with E-state index < -0.39 is 12.6 Å². The smallest absolute Gasteiger partial charge is 0.341 e. The molecule has 1 fully saturated rings. The van der Waals surface area contributed by atoms with E-state index in [1.807, 2.05) is 12.1 Å². The highest BCUT2D eigenvalue weighted by Crippen LogP contribution is 2.40. The van der Waals surface area contributed by atoms with Crippen LogP contribution >= 0.6 is 0 Å². The lowest BCUT2D eigenvalue weighted by molar-refractivity contribution is -0.130. The standard InChI is InChI=1S/C34H44O5/c1-5-6-7-8-9-10-27-11-13-28(14-12-27)29-15-17-30(18-16-29)32-21-31(38-26(4)24(2)22-35)19-20-33(32)39-34(37)25(3)23-36/h15-21,27-28,35-36H,2-14,22-23H2,1H3. The van der Waals surface area contributed by atoms with Gasteiger partial charge in [0.1, 0.15) is 17.3 Å². The van der Waals surface area contributed by atoms with Crippen LogP contribution in [0.5, 0.6) is 11.5 Å². The van der Waals surface area contributed by atoms with E-state index in [-0.39, 0.29) is 17.9 Å². The minimum atomic E-state index is -0.691. The number of carbonyl (C=O) groups excluding carboxylic acids is 1. The van der Waals surface area contributed by atoms with Gasteiger partial charge in [0.2, 0.25) is 0 Å². The SMILES string of the molecule is C=C(CO)C(=C)Oc1ccc(OC(=O)C(=C)CO)c(-c2ccc(C3CCC(CCCCCCC)CC3)cc2)c1. The van der Waals surface area contributed by atoms with Crippen LogP contribution in [0.2, 0.25) is 0 Å². The van der Waals surface area contributed by atoms with Gasteiger partial charge in [-0.1, -0.05) is 89.5 Å². The molecule has 0 aromatic heterocycles. The summed E-state index contributed by atoms with van der Waals surface area (Å²) in [7, 11) is 0. The third-order valence-electron chi connectivity index (χ3n) is 7.72. The molecule has 0 spiro atoms. The predicted octanol–water partition coefficient (Wildman–Crippen LogP) is 7.88. The molecule has 1 aliphatic carbocycles. The van der Waals surface area contributed by atoms with Gasteiger partial charge in [0, 0.05) is 11.1 Å². The molecule has 0 unspecified atom stereocenters. The monoisotopic (exact) mass is 532 g/mol. The Hall–Kier alpha value is -3.15. The van der Waals surface area contributed by atoms with Gasteiger partial charge in [-0.25, -0.2) is 4.79 Å². The summed E-state index contributed by atoms with van der Waals surface area (Å²) in [6.45, 7) is 12.6. The van der Waals surface area contributed by atoms with E-state index in [9.17, 15) is 15.0 Å². The van der Waals surface area contributed by atoms with E-state index in [2.05, 4.69) is 38.8 Å². The summed E-state index contributed by atoms with van der Waals surface area (Å²) in [5.41, 5.74) is 3.22. The first-order valence-corrected chi connectivity index (χ1v) is 14.3. The third kappa shape index (κ3) is 8.94. The largest absolute Gasteiger partial charge is 0.458 e. The summed E-state index contributed by atoms with van der Waals surface area (Å²) < 4.78 is 11.3. The van der Waals surface area contributed by atoms with Crippen molar-refractivity contribution in [2.75, 3.05) is 13.2 Å². The lowest BCUT2D eigenvalue weighted by atomic mass is 9.77. The van der Waals surface area contributed by atoms with E-state index in [1.165, 1.54) is 69.8 Å². The molecular formula is C34H44O5. The normalized spacial score (nSPS) is 16.9. The van der Waals surface area contributed by atoms with Gasteiger partial charge >= 0.3 is 5.97 Å². The van der Waals surface area contributed by atoms with Crippen LogP contribution in [0.15, 0.2) is 79.1 Å². The molecule has 2 aromatic carbocycles. The molecule has 2 aromatic rings. The van der Waals surface area contributed by atoms with Gasteiger partial charge in [0.05, 0.1) is 18.8 Å². The fraction of sp³-hybridized carbons (Fsp3) is 0.441. The lowest BCUT2D eigenvalue weighted by Gasteiger charge is -2.29. The Bertz CT molecular complexity index is 1120. The van der Waals surface area contributed by atoms with E-state index in [0.29, 0.717) is 28.6 Å². The molecule has 1 aliphatic rings. The van der Waals surface area contributed by atoms with Gasteiger partial charge in [0.25, 0.3) is 0 Å². The van der Waals surface area contributed by atoms with Gasteiger partial charge in [-0.3, -0.25) is 0 Å². The lowest BCUT2D eigenvalue weighted by Crippen LogP contribution is -2.14. The van der Waals surface area contributed by atoms with E-state index in [4.69, 9.17) is 9.47 Å². The summed E-state index contributed by atoms with van der Waals surface area (Å²) >= 11 is 0. The molecule has 0 aliphatic heterocycles. The summed E-state index contributed by atoms with van der Waals surface area (Å²) in [5.74, 6) is 1.82. The van der Waals surface area contributed by atoms with E-state index >= 15 is 0 Å². The van der Waals surface area contributed by atoms with Crippen molar-refractivity contribution in [1.29, 1.82) is 0 Å². The van der Waals surface area contributed by atoms with Crippen LogP contribution in [0.3, 0.4) is 0 Å². The van der Waals surface area contributed by atoms with Crippen LogP contribution in [0.1, 0.15) is 82.6 Å². The molecule has 0 heterocycles. The van der Waals surface area contributed by atoms with E-state index in [1.54, 1.807) is 18.2 Å². The number of aliphatic hydroxyl groups excluding tert-OH is 2. The second-order valence-corrected chi connectivity index (χ2v) is 10.6. The quantitative estimate of drug-likeness (QED) is 0.0609. The Balaban J connectivity index is 1.72. The van der Waals surface area contributed by atoms with Crippen LogP contribution in [0.25, 0.3) is 11.1 Å². The number of hydrogen-bond donors (Lipinski definition) is 2. The molecule has 0 saturated heterocycles. The number of unbranched alkanes of at least 4 members (excludes halogenated alkanes) is 4. The van der Waals surface area contributed by atoms with E-state index in [0.717, 1.165) is 11.5 Å². The molecule has 0 amide bonds. The number of esters is 1. The number of carbonyl (C=O) groups is 1.